The van der Waals surface area contributed by atoms with Gasteiger partial charge in [0.1, 0.15) is 11.7 Å². The van der Waals surface area contributed by atoms with E-state index in [1.807, 2.05) is 0 Å². The zero-order valence-electron chi connectivity index (χ0n) is 21.2. The van der Waals surface area contributed by atoms with Crippen molar-refractivity contribution < 1.29 is 9.59 Å². The van der Waals surface area contributed by atoms with E-state index in [4.69, 9.17) is 0 Å². The van der Waals surface area contributed by atoms with Crippen LogP contribution in [0.4, 0.5) is 5.69 Å². The molecular formula is C29H35N5O2. The van der Waals surface area contributed by atoms with E-state index in [0.29, 0.717) is 18.4 Å². The van der Waals surface area contributed by atoms with Gasteiger partial charge in [-0.2, -0.15) is 0 Å². The molecule has 188 valence electrons. The first kappa shape index (κ1) is 22.3. The molecule has 3 heterocycles. The topological polar surface area (TPSA) is 76.7 Å². The van der Waals surface area contributed by atoms with Crippen molar-refractivity contribution in [2.75, 3.05) is 25.1 Å². The first-order valence-corrected chi connectivity index (χ1v) is 13.5. The van der Waals surface area contributed by atoms with E-state index in [2.05, 4.69) is 76.2 Å². The van der Waals surface area contributed by atoms with Gasteiger partial charge in [0.2, 0.25) is 11.8 Å². The molecule has 2 aromatic carbocycles. The Morgan fingerprint density at radius 1 is 1.08 bits per heavy atom. The van der Waals surface area contributed by atoms with E-state index < -0.39 is 0 Å². The minimum atomic E-state index is -0.370. The van der Waals surface area contributed by atoms with Crippen LogP contribution in [-0.2, 0) is 16.1 Å². The highest BCUT2D eigenvalue weighted by molar-refractivity contribution is 5.92. The van der Waals surface area contributed by atoms with Crippen LogP contribution < -0.4 is 16.2 Å². The van der Waals surface area contributed by atoms with Gasteiger partial charge in [-0.3, -0.25) is 14.9 Å². The number of amides is 2. The molecule has 2 amide bonds. The van der Waals surface area contributed by atoms with Crippen LogP contribution >= 0.6 is 0 Å². The number of nitrogens with zero attached hydrogens (tertiary/aromatic N) is 2. The van der Waals surface area contributed by atoms with Crippen molar-refractivity contribution in [3.05, 3.63) is 53.1 Å². The summed E-state index contributed by atoms with van der Waals surface area (Å²) in [6.07, 6.45) is 4.74. The fourth-order valence-electron chi connectivity index (χ4n) is 6.38. The Morgan fingerprint density at radius 3 is 2.61 bits per heavy atom. The van der Waals surface area contributed by atoms with Gasteiger partial charge in [0.15, 0.2) is 0 Å². The number of carbonyl (C=O) groups is 2. The van der Waals surface area contributed by atoms with Gasteiger partial charge in [-0.05, 0) is 84.9 Å². The third-order valence-corrected chi connectivity index (χ3v) is 9.19. The maximum absolute atomic E-state index is 13.5. The van der Waals surface area contributed by atoms with Crippen LogP contribution in [0.5, 0.6) is 0 Å². The van der Waals surface area contributed by atoms with Crippen LogP contribution in [0, 0.1) is 18.3 Å². The van der Waals surface area contributed by atoms with Crippen molar-refractivity contribution in [1.29, 1.82) is 0 Å². The predicted molar refractivity (Wildman–Crippen MR) is 139 cm³/mol. The number of hydrazine groups is 1. The molecule has 0 radical (unpaired) electrons. The van der Waals surface area contributed by atoms with E-state index in [0.717, 1.165) is 57.4 Å². The Hall–Kier alpha value is -2.90. The van der Waals surface area contributed by atoms with E-state index in [1.165, 1.54) is 27.8 Å². The summed E-state index contributed by atoms with van der Waals surface area (Å²) in [5.74, 6) is 0.899. The average molecular weight is 486 g/mol. The Bertz CT molecular complexity index is 1260. The van der Waals surface area contributed by atoms with Gasteiger partial charge < -0.3 is 15.2 Å². The number of nitrogens with one attached hydrogen (secondary N) is 3. The van der Waals surface area contributed by atoms with Crippen LogP contribution in [0.25, 0.3) is 11.1 Å². The van der Waals surface area contributed by atoms with Gasteiger partial charge in [0.05, 0.1) is 5.69 Å². The second-order valence-corrected chi connectivity index (χ2v) is 12.0. The second kappa shape index (κ2) is 7.80. The first-order chi connectivity index (χ1) is 17.4. The lowest BCUT2D eigenvalue weighted by Gasteiger charge is -2.29. The van der Waals surface area contributed by atoms with E-state index in [9.17, 15) is 9.59 Å². The van der Waals surface area contributed by atoms with Gasteiger partial charge in [0.25, 0.3) is 0 Å². The standard InChI is InChI=1S/C29H35N5O2/c1-18-13-20(21-4-6-24-22(14-21)15-30-32-24)3-5-23(18)25-31-29(10-11-29)27(36)34(25)17-19-7-12-33(16-19)26(35)28(2)8-9-28/h3-6,13-14,19,25,30-32H,7-12,15-17H2,1-2H3/t19-,25?/m1/s1. The maximum Gasteiger partial charge on any atom is 0.244 e. The SMILES string of the molecule is Cc1cc(-c2ccc3c(c2)CNN3)ccc1C1NC2(CC2)C(=O)N1C[C@@H]1CCN(C(=O)C2(C)CC2)C1. The molecule has 2 saturated carbocycles. The number of fused-ring (bicyclic) bond motifs is 1. The molecule has 3 N–H and O–H groups in total. The number of hydrogen-bond donors (Lipinski definition) is 3. The highest BCUT2D eigenvalue weighted by Crippen LogP contribution is 2.49. The van der Waals surface area contributed by atoms with Crippen LogP contribution in [0.2, 0.25) is 0 Å². The lowest BCUT2D eigenvalue weighted by Crippen LogP contribution is -2.38. The molecule has 3 aliphatic heterocycles. The molecule has 36 heavy (non-hydrogen) atoms. The summed E-state index contributed by atoms with van der Waals surface area (Å²) in [5.41, 5.74) is 13.1. The van der Waals surface area contributed by atoms with Gasteiger partial charge in [-0.25, -0.2) is 5.43 Å². The highest BCUT2D eigenvalue weighted by atomic mass is 16.2. The van der Waals surface area contributed by atoms with Gasteiger partial charge in [-0.1, -0.05) is 31.2 Å². The van der Waals surface area contributed by atoms with E-state index >= 15 is 0 Å². The van der Waals surface area contributed by atoms with Crippen molar-refractivity contribution in [1.82, 2.24) is 20.5 Å². The molecule has 7 heteroatoms. The largest absolute Gasteiger partial charge is 0.342 e. The van der Waals surface area contributed by atoms with Crippen molar-refractivity contribution >= 4 is 17.5 Å². The van der Waals surface area contributed by atoms with Crippen molar-refractivity contribution in [2.45, 2.75) is 64.2 Å². The predicted octanol–water partition coefficient (Wildman–Crippen LogP) is 3.70. The Balaban J connectivity index is 1.12. The molecule has 4 fully saturated rings. The number of aryl methyl sites for hydroxylation is 1. The molecule has 2 atom stereocenters. The lowest BCUT2D eigenvalue weighted by molar-refractivity contribution is -0.135. The van der Waals surface area contributed by atoms with E-state index in [-0.39, 0.29) is 23.0 Å². The quantitative estimate of drug-likeness (QED) is 0.602. The number of anilines is 1. The summed E-state index contributed by atoms with van der Waals surface area (Å²) in [7, 11) is 0. The second-order valence-electron chi connectivity index (χ2n) is 12.0. The zero-order valence-corrected chi connectivity index (χ0v) is 21.2. The minimum Gasteiger partial charge on any atom is -0.342 e. The van der Waals surface area contributed by atoms with Crippen LogP contribution in [0.15, 0.2) is 36.4 Å². The van der Waals surface area contributed by atoms with Crippen molar-refractivity contribution in [3.63, 3.8) is 0 Å². The van der Waals surface area contributed by atoms with Crippen LogP contribution in [0.3, 0.4) is 0 Å². The van der Waals surface area contributed by atoms with Crippen molar-refractivity contribution in [3.8, 4) is 11.1 Å². The maximum atomic E-state index is 13.5. The number of hydrogen-bond acceptors (Lipinski definition) is 5. The fraction of sp³-hybridized carbons (Fsp3) is 0.517. The summed E-state index contributed by atoms with van der Waals surface area (Å²) in [4.78, 5) is 30.5. The molecule has 1 unspecified atom stereocenters. The molecule has 2 aliphatic carbocycles. The lowest BCUT2D eigenvalue weighted by atomic mass is 9.96. The summed E-state index contributed by atoms with van der Waals surface area (Å²) in [5, 5.41) is 3.71. The fourth-order valence-corrected chi connectivity index (χ4v) is 6.38. The molecule has 7 nitrogen and oxygen atoms in total. The molecular weight excluding hydrogens is 450 g/mol. The van der Waals surface area contributed by atoms with Gasteiger partial charge in [-0.15, -0.1) is 0 Å². The minimum absolute atomic E-state index is 0.104. The monoisotopic (exact) mass is 485 g/mol. The molecule has 2 aromatic rings. The molecule has 7 rings (SSSR count). The molecule has 5 aliphatic rings. The van der Waals surface area contributed by atoms with Crippen molar-refractivity contribution in [2.24, 2.45) is 11.3 Å². The third kappa shape index (κ3) is 3.55. The Kier molecular flexibility index (Phi) is 4.83. The average Bonchev–Trinajstić information content (AvgIpc) is 3.66. The summed E-state index contributed by atoms with van der Waals surface area (Å²) < 4.78 is 0. The van der Waals surface area contributed by atoms with Gasteiger partial charge in [0, 0.05) is 31.6 Å². The summed E-state index contributed by atoms with van der Waals surface area (Å²) >= 11 is 0. The highest BCUT2D eigenvalue weighted by Gasteiger charge is 2.60. The van der Waals surface area contributed by atoms with E-state index in [1.54, 1.807) is 0 Å². The molecule has 1 spiro atoms. The van der Waals surface area contributed by atoms with Crippen LogP contribution in [-0.4, -0.2) is 46.8 Å². The number of benzene rings is 2. The molecule has 2 saturated heterocycles. The Morgan fingerprint density at radius 2 is 1.86 bits per heavy atom. The number of likely N-dealkylation sites (tertiary alicyclic amines) is 1. The molecule has 0 aromatic heterocycles. The normalized spacial score (nSPS) is 26.9. The molecule has 0 bridgehead atoms. The summed E-state index contributed by atoms with van der Waals surface area (Å²) in [6.45, 7) is 7.39. The summed E-state index contributed by atoms with van der Waals surface area (Å²) in [6, 6.07) is 13.2. The third-order valence-electron chi connectivity index (χ3n) is 9.19. The smallest absolute Gasteiger partial charge is 0.244 e. The van der Waals surface area contributed by atoms with Gasteiger partial charge >= 0.3 is 0 Å². The van der Waals surface area contributed by atoms with Crippen LogP contribution in [0.1, 0.15) is 61.9 Å². The Labute approximate surface area is 212 Å². The first-order valence-electron chi connectivity index (χ1n) is 13.5. The number of rotatable bonds is 5. The number of carbonyl (C=O) groups excluding carboxylic acids is 2. The zero-order chi connectivity index (χ0) is 24.7.